The molecule has 0 radical (unpaired) electrons. The molecule has 1 aromatic rings. The monoisotopic (exact) mass is 228 g/mol. The average Bonchev–Trinajstić information content (AvgIpc) is 2.28. The highest BCUT2D eigenvalue weighted by molar-refractivity contribution is 5.15. The molecule has 0 aromatic carbocycles. The van der Waals surface area contributed by atoms with Crippen LogP contribution in [0.2, 0.25) is 0 Å². The number of halogens is 1. The van der Waals surface area contributed by atoms with Gasteiger partial charge in [0.2, 0.25) is 0 Å². The Bertz CT molecular complexity index is 317. The fourth-order valence-electron chi connectivity index (χ4n) is 1.35. The van der Waals surface area contributed by atoms with Crippen LogP contribution in [0.3, 0.4) is 0 Å². The molecule has 0 aliphatic carbocycles. The Morgan fingerprint density at radius 2 is 1.94 bits per heavy atom. The van der Waals surface area contributed by atoms with Gasteiger partial charge in [-0.1, -0.05) is 0 Å². The molecule has 1 aromatic heterocycles. The number of aromatic nitrogens is 1. The van der Waals surface area contributed by atoms with Gasteiger partial charge in [-0.2, -0.15) is 0 Å². The maximum Gasteiger partial charge on any atom is 0.176 e. The van der Waals surface area contributed by atoms with E-state index >= 15 is 0 Å². The molecule has 1 rings (SSSR count). The number of pyridine rings is 1. The molecule has 0 aliphatic rings. The van der Waals surface area contributed by atoms with Crippen molar-refractivity contribution in [2.45, 2.75) is 26.2 Å². The van der Waals surface area contributed by atoms with E-state index in [4.69, 9.17) is 15.2 Å². The first-order chi connectivity index (χ1) is 7.69. The van der Waals surface area contributed by atoms with Crippen LogP contribution in [0.1, 0.15) is 25.5 Å². The lowest BCUT2D eigenvalue weighted by Crippen LogP contribution is -2.31. The van der Waals surface area contributed by atoms with Crippen LogP contribution in [0.25, 0.3) is 0 Å². The molecule has 0 fully saturated rings. The van der Waals surface area contributed by atoms with E-state index in [2.05, 4.69) is 4.98 Å². The molecular weight excluding hydrogens is 211 g/mol. The number of hydrogen-bond donors (Lipinski definition) is 1. The molecule has 1 atom stereocenters. The van der Waals surface area contributed by atoms with Crippen molar-refractivity contribution in [3.63, 3.8) is 0 Å². The van der Waals surface area contributed by atoms with Crippen molar-refractivity contribution in [3.8, 4) is 0 Å². The third kappa shape index (κ3) is 3.52. The second-order valence-electron chi connectivity index (χ2n) is 3.24. The molecule has 1 unspecified atom stereocenters. The van der Waals surface area contributed by atoms with E-state index in [1.807, 2.05) is 13.8 Å². The van der Waals surface area contributed by atoms with E-state index in [0.717, 1.165) is 6.20 Å². The molecule has 0 bridgehead atoms. The van der Waals surface area contributed by atoms with Gasteiger partial charge < -0.3 is 15.2 Å². The summed E-state index contributed by atoms with van der Waals surface area (Å²) in [5.41, 5.74) is 6.49. The van der Waals surface area contributed by atoms with E-state index in [-0.39, 0.29) is 0 Å². The summed E-state index contributed by atoms with van der Waals surface area (Å²) in [6.07, 6.45) is 2.07. The van der Waals surface area contributed by atoms with Crippen LogP contribution in [0.4, 0.5) is 4.39 Å². The molecule has 0 spiro atoms. The fraction of sp³-hybridized carbons (Fsp3) is 0.545. The second kappa shape index (κ2) is 6.52. The third-order valence-electron chi connectivity index (χ3n) is 2.07. The number of nitrogens with zero attached hydrogens (tertiary/aromatic N) is 1. The summed E-state index contributed by atoms with van der Waals surface area (Å²) in [6, 6.07) is 0.797. The molecule has 0 saturated carbocycles. The van der Waals surface area contributed by atoms with Crippen LogP contribution < -0.4 is 5.73 Å². The lowest BCUT2D eigenvalue weighted by Gasteiger charge is -2.23. The minimum atomic E-state index is -0.571. The predicted molar refractivity (Wildman–Crippen MR) is 58.2 cm³/mol. The van der Waals surface area contributed by atoms with Gasteiger partial charge >= 0.3 is 0 Å². The molecule has 4 nitrogen and oxygen atoms in total. The Labute approximate surface area is 94.6 Å². The van der Waals surface area contributed by atoms with Gasteiger partial charge in [-0.05, 0) is 25.5 Å². The molecule has 1 heterocycles. The van der Waals surface area contributed by atoms with E-state index in [0.29, 0.717) is 18.8 Å². The number of hydrogen-bond acceptors (Lipinski definition) is 4. The molecule has 16 heavy (non-hydrogen) atoms. The third-order valence-corrected chi connectivity index (χ3v) is 2.07. The number of rotatable bonds is 6. The quantitative estimate of drug-likeness (QED) is 0.752. The molecule has 5 heteroatoms. The predicted octanol–water partition coefficient (Wildman–Crippen LogP) is 1.62. The molecule has 0 amide bonds. The largest absolute Gasteiger partial charge is 0.351 e. The van der Waals surface area contributed by atoms with Crippen molar-refractivity contribution in [1.29, 1.82) is 0 Å². The van der Waals surface area contributed by atoms with Crippen LogP contribution in [-0.2, 0) is 9.47 Å². The SMILES string of the molecule is CCOC(OCC)C(N)c1cncc(F)c1. The van der Waals surface area contributed by atoms with Crippen LogP contribution in [-0.4, -0.2) is 24.5 Å². The van der Waals surface area contributed by atoms with Gasteiger partial charge in [0.1, 0.15) is 5.82 Å². The summed E-state index contributed by atoms with van der Waals surface area (Å²) in [7, 11) is 0. The summed E-state index contributed by atoms with van der Waals surface area (Å²) in [5.74, 6) is -0.417. The van der Waals surface area contributed by atoms with Gasteiger partial charge in [-0.15, -0.1) is 0 Å². The Morgan fingerprint density at radius 1 is 1.31 bits per heavy atom. The summed E-state index contributed by atoms with van der Waals surface area (Å²) in [5, 5.41) is 0. The Morgan fingerprint density at radius 3 is 2.44 bits per heavy atom. The lowest BCUT2D eigenvalue weighted by molar-refractivity contribution is -0.149. The fourth-order valence-corrected chi connectivity index (χ4v) is 1.35. The first-order valence-electron chi connectivity index (χ1n) is 5.28. The topological polar surface area (TPSA) is 57.4 Å². The lowest BCUT2D eigenvalue weighted by atomic mass is 10.1. The van der Waals surface area contributed by atoms with Gasteiger partial charge in [0.05, 0.1) is 12.2 Å². The van der Waals surface area contributed by atoms with Gasteiger partial charge in [-0.25, -0.2) is 4.39 Å². The van der Waals surface area contributed by atoms with E-state index in [1.54, 1.807) is 0 Å². The Kier molecular flexibility index (Phi) is 5.31. The first kappa shape index (κ1) is 13.0. The number of nitrogens with two attached hydrogens (primary N) is 1. The zero-order valence-corrected chi connectivity index (χ0v) is 9.52. The highest BCUT2D eigenvalue weighted by Gasteiger charge is 2.20. The normalized spacial score (nSPS) is 13.1. The van der Waals surface area contributed by atoms with E-state index < -0.39 is 18.1 Å². The number of ether oxygens (including phenoxy) is 2. The van der Waals surface area contributed by atoms with E-state index in [1.165, 1.54) is 12.3 Å². The van der Waals surface area contributed by atoms with Crippen molar-refractivity contribution >= 4 is 0 Å². The van der Waals surface area contributed by atoms with Crippen molar-refractivity contribution < 1.29 is 13.9 Å². The summed E-state index contributed by atoms with van der Waals surface area (Å²) >= 11 is 0. The molecule has 0 saturated heterocycles. The second-order valence-corrected chi connectivity index (χ2v) is 3.24. The highest BCUT2D eigenvalue weighted by Crippen LogP contribution is 2.17. The minimum absolute atomic E-state index is 0.417. The maximum absolute atomic E-state index is 13.0. The molecule has 2 N–H and O–H groups in total. The molecule has 0 aliphatic heterocycles. The van der Waals surface area contributed by atoms with Gasteiger partial charge in [0.15, 0.2) is 6.29 Å². The van der Waals surface area contributed by atoms with Crippen LogP contribution >= 0.6 is 0 Å². The van der Waals surface area contributed by atoms with Crippen molar-refractivity contribution in [3.05, 3.63) is 29.8 Å². The molecular formula is C11H17FN2O2. The Hall–Kier alpha value is -1.04. The summed E-state index contributed by atoms with van der Waals surface area (Å²) < 4.78 is 23.6. The van der Waals surface area contributed by atoms with Gasteiger partial charge in [0.25, 0.3) is 0 Å². The maximum atomic E-state index is 13.0. The van der Waals surface area contributed by atoms with Crippen LogP contribution in [0.15, 0.2) is 18.5 Å². The summed E-state index contributed by atoms with van der Waals surface area (Å²) in [6.45, 7) is 4.67. The molecule has 90 valence electrons. The van der Waals surface area contributed by atoms with Gasteiger partial charge in [-0.3, -0.25) is 4.98 Å². The van der Waals surface area contributed by atoms with Crippen molar-refractivity contribution in [2.24, 2.45) is 5.73 Å². The van der Waals surface area contributed by atoms with Gasteiger partial charge in [0, 0.05) is 19.4 Å². The summed E-state index contributed by atoms with van der Waals surface area (Å²) in [4.78, 5) is 3.74. The van der Waals surface area contributed by atoms with Crippen molar-refractivity contribution in [2.75, 3.05) is 13.2 Å². The minimum Gasteiger partial charge on any atom is -0.351 e. The first-order valence-corrected chi connectivity index (χ1v) is 5.28. The standard InChI is InChI=1S/C11H17FN2O2/c1-3-15-11(16-4-2)10(13)8-5-9(12)7-14-6-8/h5-7,10-11H,3-4,13H2,1-2H3. The zero-order chi connectivity index (χ0) is 12.0. The smallest absolute Gasteiger partial charge is 0.176 e. The average molecular weight is 228 g/mol. The Balaban J connectivity index is 2.76. The van der Waals surface area contributed by atoms with Crippen LogP contribution in [0.5, 0.6) is 0 Å². The highest BCUT2D eigenvalue weighted by atomic mass is 19.1. The van der Waals surface area contributed by atoms with E-state index in [9.17, 15) is 4.39 Å². The van der Waals surface area contributed by atoms with Crippen molar-refractivity contribution in [1.82, 2.24) is 4.98 Å². The zero-order valence-electron chi connectivity index (χ0n) is 9.52. The van der Waals surface area contributed by atoms with Crippen LogP contribution in [0, 0.1) is 5.82 Å².